The fraction of sp³-hybridized carbons (Fsp3) is 0.846. The van der Waals surface area contributed by atoms with E-state index < -0.39 is 11.5 Å². The first-order valence-corrected chi connectivity index (χ1v) is 6.76. The molecular formula is C13H24N2O3. The van der Waals surface area contributed by atoms with Crippen molar-refractivity contribution in [1.29, 1.82) is 0 Å². The average molecular weight is 256 g/mol. The molecule has 0 radical (unpaired) electrons. The van der Waals surface area contributed by atoms with Crippen LogP contribution in [-0.4, -0.2) is 28.6 Å². The molecule has 0 aromatic heterocycles. The van der Waals surface area contributed by atoms with Crippen LogP contribution in [0.15, 0.2) is 0 Å². The van der Waals surface area contributed by atoms with E-state index in [9.17, 15) is 9.59 Å². The highest BCUT2D eigenvalue weighted by molar-refractivity contribution is 5.86. The van der Waals surface area contributed by atoms with E-state index in [2.05, 4.69) is 5.32 Å². The van der Waals surface area contributed by atoms with Crippen molar-refractivity contribution in [2.45, 2.75) is 69.9 Å². The molecule has 0 bridgehead atoms. The van der Waals surface area contributed by atoms with E-state index in [0.29, 0.717) is 12.8 Å². The summed E-state index contributed by atoms with van der Waals surface area (Å²) in [6, 6.07) is -0.0146. The minimum Gasteiger partial charge on any atom is -0.481 e. The topological polar surface area (TPSA) is 92.4 Å². The van der Waals surface area contributed by atoms with Gasteiger partial charge < -0.3 is 16.2 Å². The Morgan fingerprint density at radius 1 is 1.33 bits per heavy atom. The molecule has 4 N–H and O–H groups in total. The summed E-state index contributed by atoms with van der Waals surface area (Å²) in [5, 5.41) is 11.5. The highest BCUT2D eigenvalue weighted by atomic mass is 16.4. The van der Waals surface area contributed by atoms with Crippen LogP contribution in [0.2, 0.25) is 0 Å². The van der Waals surface area contributed by atoms with Crippen LogP contribution in [-0.2, 0) is 9.59 Å². The van der Waals surface area contributed by atoms with Gasteiger partial charge in [-0.15, -0.1) is 0 Å². The second-order valence-corrected chi connectivity index (χ2v) is 5.38. The molecule has 0 saturated heterocycles. The molecule has 0 aromatic carbocycles. The van der Waals surface area contributed by atoms with Gasteiger partial charge in [0.1, 0.15) is 0 Å². The van der Waals surface area contributed by atoms with Crippen LogP contribution in [0.5, 0.6) is 0 Å². The van der Waals surface area contributed by atoms with Crippen LogP contribution >= 0.6 is 0 Å². The summed E-state index contributed by atoms with van der Waals surface area (Å²) < 4.78 is 0. The second-order valence-electron chi connectivity index (χ2n) is 5.38. The predicted octanol–water partition coefficient (Wildman–Crippen LogP) is 1.41. The summed E-state index contributed by atoms with van der Waals surface area (Å²) in [6.07, 6.45) is 6.08. The first-order valence-electron chi connectivity index (χ1n) is 6.76. The lowest BCUT2D eigenvalue weighted by molar-refractivity contribution is -0.137. The van der Waals surface area contributed by atoms with E-state index in [1.54, 1.807) is 0 Å². The zero-order chi connectivity index (χ0) is 13.6. The minimum absolute atomic E-state index is 0.0146. The summed E-state index contributed by atoms with van der Waals surface area (Å²) in [4.78, 5) is 22.5. The summed E-state index contributed by atoms with van der Waals surface area (Å²) in [7, 11) is 0. The number of amides is 1. The lowest BCUT2D eigenvalue weighted by Crippen LogP contribution is -2.56. The van der Waals surface area contributed by atoms with Crippen molar-refractivity contribution in [3.05, 3.63) is 0 Å². The molecule has 5 nitrogen and oxygen atoms in total. The van der Waals surface area contributed by atoms with Crippen molar-refractivity contribution in [2.24, 2.45) is 5.73 Å². The molecule has 0 aromatic rings. The van der Waals surface area contributed by atoms with Crippen LogP contribution in [0.1, 0.15) is 58.3 Å². The summed E-state index contributed by atoms with van der Waals surface area (Å²) in [5.74, 6) is -0.874. The highest BCUT2D eigenvalue weighted by Gasteiger charge is 2.35. The molecule has 5 heteroatoms. The maximum absolute atomic E-state index is 12.1. The Hall–Kier alpha value is -1.10. The molecule has 0 aliphatic heterocycles. The average Bonchev–Trinajstić information content (AvgIpc) is 2.29. The Morgan fingerprint density at radius 2 is 1.94 bits per heavy atom. The van der Waals surface area contributed by atoms with Gasteiger partial charge in [0.2, 0.25) is 5.91 Å². The van der Waals surface area contributed by atoms with E-state index in [-0.39, 0.29) is 18.4 Å². The highest BCUT2D eigenvalue weighted by Crippen LogP contribution is 2.26. The standard InChI is InChI=1S/C13H24N2O3/c1-10(6-5-7-11(16)17)15-12(18)13(14)8-3-2-4-9-13/h10H,2-9,14H2,1H3,(H,15,18)(H,16,17). The van der Waals surface area contributed by atoms with Crippen molar-refractivity contribution in [2.75, 3.05) is 0 Å². The van der Waals surface area contributed by atoms with Crippen LogP contribution in [0.25, 0.3) is 0 Å². The minimum atomic E-state index is -0.795. The van der Waals surface area contributed by atoms with Gasteiger partial charge in [0.05, 0.1) is 5.54 Å². The Morgan fingerprint density at radius 3 is 2.50 bits per heavy atom. The van der Waals surface area contributed by atoms with Crippen molar-refractivity contribution in [1.82, 2.24) is 5.32 Å². The molecule has 1 amide bonds. The summed E-state index contributed by atoms with van der Waals surface area (Å²) >= 11 is 0. The normalized spacial score (nSPS) is 20.1. The third kappa shape index (κ3) is 4.64. The van der Waals surface area contributed by atoms with Gasteiger partial charge in [-0.05, 0) is 32.6 Å². The Labute approximate surface area is 108 Å². The number of aliphatic carboxylic acids is 1. The number of nitrogens with two attached hydrogens (primary N) is 1. The fourth-order valence-corrected chi connectivity index (χ4v) is 2.41. The third-order valence-corrected chi connectivity index (χ3v) is 3.60. The van der Waals surface area contributed by atoms with Crippen LogP contribution in [0.4, 0.5) is 0 Å². The number of carbonyl (C=O) groups excluding carboxylic acids is 1. The van der Waals surface area contributed by atoms with Crippen molar-refractivity contribution in [3.63, 3.8) is 0 Å². The van der Waals surface area contributed by atoms with Gasteiger partial charge in [0, 0.05) is 12.5 Å². The number of carbonyl (C=O) groups is 2. The second kappa shape index (κ2) is 6.73. The van der Waals surface area contributed by atoms with Gasteiger partial charge in [-0.3, -0.25) is 9.59 Å². The molecule has 1 aliphatic rings. The zero-order valence-corrected chi connectivity index (χ0v) is 11.1. The molecule has 104 valence electrons. The van der Waals surface area contributed by atoms with Gasteiger partial charge in [-0.2, -0.15) is 0 Å². The molecule has 18 heavy (non-hydrogen) atoms. The first-order chi connectivity index (χ1) is 8.44. The van der Waals surface area contributed by atoms with Gasteiger partial charge >= 0.3 is 5.97 Å². The SMILES string of the molecule is CC(CCCC(=O)O)NC(=O)C1(N)CCCCC1. The van der Waals surface area contributed by atoms with Crippen molar-refractivity contribution >= 4 is 11.9 Å². The van der Waals surface area contributed by atoms with E-state index >= 15 is 0 Å². The molecule has 1 fully saturated rings. The van der Waals surface area contributed by atoms with E-state index in [1.165, 1.54) is 0 Å². The van der Waals surface area contributed by atoms with Crippen molar-refractivity contribution in [3.8, 4) is 0 Å². The zero-order valence-electron chi connectivity index (χ0n) is 11.1. The molecular weight excluding hydrogens is 232 g/mol. The maximum atomic E-state index is 12.1. The molecule has 1 aliphatic carbocycles. The third-order valence-electron chi connectivity index (χ3n) is 3.60. The molecule has 1 rings (SSSR count). The lowest BCUT2D eigenvalue weighted by Gasteiger charge is -2.33. The number of nitrogens with one attached hydrogen (secondary N) is 1. The molecule has 1 saturated carbocycles. The Kier molecular flexibility index (Phi) is 5.59. The van der Waals surface area contributed by atoms with Crippen LogP contribution in [0.3, 0.4) is 0 Å². The number of hydrogen-bond acceptors (Lipinski definition) is 3. The van der Waals surface area contributed by atoms with Crippen LogP contribution in [0, 0.1) is 0 Å². The Balaban J connectivity index is 2.31. The van der Waals surface area contributed by atoms with Crippen LogP contribution < -0.4 is 11.1 Å². The van der Waals surface area contributed by atoms with Gasteiger partial charge in [0.25, 0.3) is 0 Å². The maximum Gasteiger partial charge on any atom is 0.303 e. The lowest BCUT2D eigenvalue weighted by atomic mass is 9.81. The number of rotatable bonds is 6. The van der Waals surface area contributed by atoms with E-state index in [1.807, 2.05) is 6.92 Å². The largest absolute Gasteiger partial charge is 0.481 e. The molecule has 0 heterocycles. The van der Waals surface area contributed by atoms with Gasteiger partial charge in [-0.25, -0.2) is 0 Å². The monoisotopic (exact) mass is 256 g/mol. The smallest absolute Gasteiger partial charge is 0.303 e. The molecule has 0 spiro atoms. The molecule has 1 atom stereocenters. The number of carboxylic acids is 1. The predicted molar refractivity (Wildman–Crippen MR) is 69.1 cm³/mol. The van der Waals surface area contributed by atoms with Crippen molar-refractivity contribution < 1.29 is 14.7 Å². The number of carboxylic acid groups (broad SMARTS) is 1. The van der Waals surface area contributed by atoms with E-state index in [4.69, 9.17) is 10.8 Å². The first kappa shape index (κ1) is 15.0. The summed E-state index contributed by atoms with van der Waals surface area (Å²) in [5.41, 5.74) is 5.41. The van der Waals surface area contributed by atoms with Gasteiger partial charge in [-0.1, -0.05) is 19.3 Å². The summed E-state index contributed by atoms with van der Waals surface area (Å²) in [6.45, 7) is 1.89. The molecule has 1 unspecified atom stereocenters. The van der Waals surface area contributed by atoms with Gasteiger partial charge in [0.15, 0.2) is 0 Å². The number of hydrogen-bond donors (Lipinski definition) is 3. The fourth-order valence-electron chi connectivity index (χ4n) is 2.41. The Bertz CT molecular complexity index is 299. The quantitative estimate of drug-likeness (QED) is 0.670. The van der Waals surface area contributed by atoms with E-state index in [0.717, 1.165) is 32.1 Å².